The van der Waals surface area contributed by atoms with Crippen molar-refractivity contribution in [3.8, 4) is 0 Å². The second-order valence-electron chi connectivity index (χ2n) is 2.08. The lowest BCUT2D eigenvalue weighted by molar-refractivity contribution is 1.18. The highest BCUT2D eigenvalue weighted by molar-refractivity contribution is 5.23. The highest BCUT2D eigenvalue weighted by Crippen LogP contribution is 2.04. The highest BCUT2D eigenvalue weighted by atomic mass is 13.9. The Bertz CT molecular complexity index is 107. The molecule has 0 aromatic carbocycles. The first kappa shape index (κ1) is 22.9. The predicted molar refractivity (Wildman–Crippen MR) is 68.3 cm³/mol. The molecular formula is C13H30. The summed E-state index contributed by atoms with van der Waals surface area (Å²) in [6, 6.07) is 0. The molecule has 0 amide bonds. The third kappa shape index (κ3) is 24.6. The Balaban J connectivity index is -0.0000000712. The molecule has 0 aromatic heterocycles. The SMILES string of the molecule is C.C=C(C)C(C)=CCC.CC.CC. The number of rotatable bonds is 2. The zero-order chi connectivity index (χ0) is 10.6. The maximum Gasteiger partial charge on any atom is -0.0374 e. The molecule has 0 rings (SSSR count). The van der Waals surface area contributed by atoms with Gasteiger partial charge >= 0.3 is 0 Å². The minimum atomic E-state index is 0. The van der Waals surface area contributed by atoms with E-state index in [9.17, 15) is 0 Å². The summed E-state index contributed by atoms with van der Waals surface area (Å²) in [4.78, 5) is 0. The number of hydrogen-bond donors (Lipinski definition) is 0. The first-order valence-corrected chi connectivity index (χ1v) is 5.01. The number of allylic oxidation sites excluding steroid dienone is 3. The summed E-state index contributed by atoms with van der Waals surface area (Å²) in [7, 11) is 0. The van der Waals surface area contributed by atoms with Crippen molar-refractivity contribution in [3.05, 3.63) is 23.8 Å². The predicted octanol–water partition coefficient (Wildman–Crippen LogP) is 5.61. The molecule has 0 unspecified atom stereocenters. The molecule has 0 radical (unpaired) electrons. The average Bonchev–Trinajstić information content (AvgIpc) is 2.12. The van der Waals surface area contributed by atoms with Gasteiger partial charge in [-0.1, -0.05) is 65.8 Å². The Hall–Kier alpha value is -0.520. The first-order chi connectivity index (χ1) is 5.68. The van der Waals surface area contributed by atoms with Gasteiger partial charge in [-0.15, -0.1) is 0 Å². The van der Waals surface area contributed by atoms with Gasteiger partial charge in [0.1, 0.15) is 0 Å². The van der Waals surface area contributed by atoms with Crippen molar-refractivity contribution in [3.63, 3.8) is 0 Å². The molecule has 0 aliphatic heterocycles. The van der Waals surface area contributed by atoms with Crippen molar-refractivity contribution in [2.45, 2.75) is 62.3 Å². The van der Waals surface area contributed by atoms with E-state index in [1.165, 1.54) is 11.1 Å². The van der Waals surface area contributed by atoms with Gasteiger partial charge in [0.25, 0.3) is 0 Å². The van der Waals surface area contributed by atoms with E-state index >= 15 is 0 Å². The monoisotopic (exact) mass is 186 g/mol. The molecule has 82 valence electrons. The third-order valence-electron chi connectivity index (χ3n) is 1.18. The average molecular weight is 186 g/mol. The van der Waals surface area contributed by atoms with Crippen molar-refractivity contribution < 1.29 is 0 Å². The second-order valence-corrected chi connectivity index (χ2v) is 2.08. The van der Waals surface area contributed by atoms with Gasteiger partial charge in [-0.25, -0.2) is 0 Å². The van der Waals surface area contributed by atoms with Crippen LogP contribution in [-0.2, 0) is 0 Å². The van der Waals surface area contributed by atoms with E-state index in [0.717, 1.165) is 6.42 Å². The minimum Gasteiger partial charge on any atom is -0.0959 e. The molecule has 0 heterocycles. The standard InChI is InChI=1S/C8H14.2C2H6.CH4/c1-5-6-8(4)7(2)3;2*1-2;/h6H,2,5H2,1,3-4H3;2*1-2H3;1H4. The van der Waals surface area contributed by atoms with Crippen LogP contribution >= 0.6 is 0 Å². The lowest BCUT2D eigenvalue weighted by Crippen LogP contribution is -1.73. The minimum absolute atomic E-state index is 0. The van der Waals surface area contributed by atoms with Gasteiger partial charge < -0.3 is 0 Å². The van der Waals surface area contributed by atoms with E-state index in [1.807, 2.05) is 34.6 Å². The van der Waals surface area contributed by atoms with Gasteiger partial charge in [0.15, 0.2) is 0 Å². The first-order valence-electron chi connectivity index (χ1n) is 5.01. The lowest BCUT2D eigenvalue weighted by atomic mass is 10.1. The summed E-state index contributed by atoms with van der Waals surface area (Å²) in [6.45, 7) is 18.1. The molecule has 0 saturated heterocycles. The zero-order valence-electron chi connectivity index (χ0n) is 9.99. The summed E-state index contributed by atoms with van der Waals surface area (Å²) in [6.07, 6.45) is 3.29. The molecule has 0 spiro atoms. The van der Waals surface area contributed by atoms with E-state index in [4.69, 9.17) is 0 Å². The fraction of sp³-hybridized carbons (Fsp3) is 0.692. The highest BCUT2D eigenvalue weighted by Gasteiger charge is 1.83. The lowest BCUT2D eigenvalue weighted by Gasteiger charge is -1.94. The van der Waals surface area contributed by atoms with E-state index in [2.05, 4.69) is 26.5 Å². The van der Waals surface area contributed by atoms with Crippen LogP contribution in [0.5, 0.6) is 0 Å². The largest absolute Gasteiger partial charge is 0.0959 e. The summed E-state index contributed by atoms with van der Waals surface area (Å²) in [5, 5.41) is 0. The zero-order valence-corrected chi connectivity index (χ0v) is 9.99. The van der Waals surface area contributed by atoms with Crippen LogP contribution in [-0.4, -0.2) is 0 Å². The molecule has 0 nitrogen and oxygen atoms in total. The Morgan fingerprint density at radius 2 is 1.38 bits per heavy atom. The van der Waals surface area contributed by atoms with Crippen LogP contribution in [0.3, 0.4) is 0 Å². The molecule has 0 aromatic rings. The Morgan fingerprint density at radius 1 is 1.08 bits per heavy atom. The van der Waals surface area contributed by atoms with Crippen LogP contribution in [0.4, 0.5) is 0 Å². The maximum absolute atomic E-state index is 3.81. The van der Waals surface area contributed by atoms with Gasteiger partial charge in [0.05, 0.1) is 0 Å². The summed E-state index contributed by atoms with van der Waals surface area (Å²) < 4.78 is 0. The van der Waals surface area contributed by atoms with Crippen molar-refractivity contribution in [2.75, 3.05) is 0 Å². The molecule has 0 fully saturated rings. The Labute approximate surface area is 86.8 Å². The van der Waals surface area contributed by atoms with E-state index in [0.29, 0.717) is 0 Å². The van der Waals surface area contributed by atoms with Crippen molar-refractivity contribution in [1.29, 1.82) is 0 Å². The van der Waals surface area contributed by atoms with Gasteiger partial charge in [0, 0.05) is 0 Å². The Morgan fingerprint density at radius 3 is 1.46 bits per heavy atom. The summed E-state index contributed by atoms with van der Waals surface area (Å²) in [5.74, 6) is 0. The number of hydrogen-bond acceptors (Lipinski definition) is 0. The van der Waals surface area contributed by atoms with Gasteiger partial charge in [-0.05, 0) is 20.3 Å². The van der Waals surface area contributed by atoms with Gasteiger partial charge in [-0.3, -0.25) is 0 Å². The van der Waals surface area contributed by atoms with Gasteiger partial charge in [-0.2, -0.15) is 0 Å². The molecule has 0 aliphatic rings. The Kier molecular flexibility index (Phi) is 39.6. The quantitative estimate of drug-likeness (QED) is 0.492. The molecule has 0 heteroatoms. The van der Waals surface area contributed by atoms with Crippen LogP contribution in [0.25, 0.3) is 0 Å². The van der Waals surface area contributed by atoms with E-state index in [1.54, 1.807) is 0 Å². The molecule has 0 N–H and O–H groups in total. The maximum atomic E-state index is 3.81. The molecule has 0 bridgehead atoms. The van der Waals surface area contributed by atoms with Crippen LogP contribution in [0.15, 0.2) is 23.8 Å². The smallest absolute Gasteiger partial charge is 0.0374 e. The normalized spacial score (nSPS) is 8.08. The van der Waals surface area contributed by atoms with Crippen LogP contribution < -0.4 is 0 Å². The molecule has 0 aliphatic carbocycles. The summed E-state index contributed by atoms with van der Waals surface area (Å²) in [5.41, 5.74) is 2.49. The van der Waals surface area contributed by atoms with E-state index < -0.39 is 0 Å². The van der Waals surface area contributed by atoms with Gasteiger partial charge in [0.2, 0.25) is 0 Å². The molecule has 0 atom stereocenters. The fourth-order valence-corrected chi connectivity index (χ4v) is 0.480. The second kappa shape index (κ2) is 22.5. The van der Waals surface area contributed by atoms with Crippen LogP contribution in [0.2, 0.25) is 0 Å². The topological polar surface area (TPSA) is 0 Å². The molecular weight excluding hydrogens is 156 g/mol. The fourth-order valence-electron chi connectivity index (χ4n) is 0.480. The van der Waals surface area contributed by atoms with Crippen LogP contribution in [0, 0.1) is 0 Å². The van der Waals surface area contributed by atoms with Crippen molar-refractivity contribution >= 4 is 0 Å². The third-order valence-corrected chi connectivity index (χ3v) is 1.18. The van der Waals surface area contributed by atoms with E-state index in [-0.39, 0.29) is 7.43 Å². The van der Waals surface area contributed by atoms with Crippen molar-refractivity contribution in [2.24, 2.45) is 0 Å². The van der Waals surface area contributed by atoms with Crippen molar-refractivity contribution in [1.82, 2.24) is 0 Å². The molecule has 13 heavy (non-hydrogen) atoms. The molecule has 0 saturated carbocycles. The van der Waals surface area contributed by atoms with Crippen LogP contribution in [0.1, 0.15) is 62.3 Å². The summed E-state index contributed by atoms with van der Waals surface area (Å²) >= 11 is 0.